The van der Waals surface area contributed by atoms with Crippen LogP contribution in [0.4, 0.5) is 5.82 Å². The van der Waals surface area contributed by atoms with Crippen LogP contribution in [0.1, 0.15) is 18.1 Å². The molecule has 0 atom stereocenters. The highest BCUT2D eigenvalue weighted by atomic mass is 32.2. The molecule has 0 saturated carbocycles. The van der Waals surface area contributed by atoms with Crippen molar-refractivity contribution < 1.29 is 13.2 Å². The second kappa shape index (κ2) is 7.85. The van der Waals surface area contributed by atoms with E-state index in [2.05, 4.69) is 15.0 Å². The van der Waals surface area contributed by atoms with Crippen molar-refractivity contribution in [3.8, 4) is 0 Å². The molecule has 1 heterocycles. The van der Waals surface area contributed by atoms with E-state index >= 15 is 0 Å². The molecule has 2 N–H and O–H groups in total. The van der Waals surface area contributed by atoms with Crippen molar-refractivity contribution in [2.45, 2.75) is 18.7 Å². The summed E-state index contributed by atoms with van der Waals surface area (Å²) in [6.07, 6.45) is 4.60. The van der Waals surface area contributed by atoms with Crippen molar-refractivity contribution >= 4 is 27.8 Å². The normalized spacial score (nSPS) is 11.6. The molecule has 0 fully saturated rings. The lowest BCUT2D eigenvalue weighted by Crippen LogP contribution is -2.22. The first kappa shape index (κ1) is 17.8. The van der Waals surface area contributed by atoms with Gasteiger partial charge in [-0.25, -0.2) is 18.1 Å². The summed E-state index contributed by atoms with van der Waals surface area (Å²) < 4.78 is 26.1. The summed E-state index contributed by atoms with van der Waals surface area (Å²) in [4.78, 5) is 16.1. The Morgan fingerprint density at radius 2 is 1.92 bits per heavy atom. The predicted molar refractivity (Wildman–Crippen MR) is 93.9 cm³/mol. The molecule has 24 heavy (non-hydrogen) atoms. The van der Waals surface area contributed by atoms with E-state index in [4.69, 9.17) is 0 Å². The van der Waals surface area contributed by atoms with Crippen LogP contribution in [-0.2, 0) is 14.8 Å². The standard InChI is InChI=1S/C17H19N3O3S/c1-3-19-24(22,23)15-7-4-14(5-8-15)6-9-17(21)20-16-12-13(2)10-11-18-16/h4-12,19H,3H2,1-2H3,(H,18,20,21)/b9-6-. The minimum Gasteiger partial charge on any atom is -0.307 e. The van der Waals surface area contributed by atoms with Gasteiger partial charge in [-0.05, 0) is 48.4 Å². The van der Waals surface area contributed by atoms with Crippen molar-refractivity contribution in [3.63, 3.8) is 0 Å². The third-order valence-electron chi connectivity index (χ3n) is 3.12. The van der Waals surface area contributed by atoms with Gasteiger partial charge in [0.1, 0.15) is 5.82 Å². The van der Waals surface area contributed by atoms with E-state index < -0.39 is 10.0 Å². The molecular formula is C17H19N3O3S. The fourth-order valence-electron chi connectivity index (χ4n) is 1.98. The zero-order chi connectivity index (χ0) is 17.6. The molecule has 0 saturated heterocycles. The molecule has 1 aromatic heterocycles. The lowest BCUT2D eigenvalue weighted by Gasteiger charge is -2.04. The number of hydrogen-bond donors (Lipinski definition) is 2. The number of anilines is 1. The highest BCUT2D eigenvalue weighted by Crippen LogP contribution is 2.12. The number of amides is 1. The van der Waals surface area contributed by atoms with Gasteiger partial charge in [0.15, 0.2) is 0 Å². The molecular weight excluding hydrogens is 326 g/mol. The summed E-state index contributed by atoms with van der Waals surface area (Å²) >= 11 is 0. The zero-order valence-corrected chi connectivity index (χ0v) is 14.3. The molecule has 2 aromatic rings. The smallest absolute Gasteiger partial charge is 0.249 e. The topological polar surface area (TPSA) is 88.2 Å². The predicted octanol–water partition coefficient (Wildman–Crippen LogP) is 2.34. The third kappa shape index (κ3) is 5.00. The van der Waals surface area contributed by atoms with Crippen LogP contribution in [0.3, 0.4) is 0 Å². The number of benzene rings is 1. The number of carbonyl (C=O) groups is 1. The fourth-order valence-corrected chi connectivity index (χ4v) is 3.02. The SMILES string of the molecule is CCNS(=O)(=O)c1ccc(/C=C\C(=O)Nc2cc(C)ccn2)cc1. The number of hydrogen-bond acceptors (Lipinski definition) is 4. The van der Waals surface area contributed by atoms with Crippen LogP contribution < -0.4 is 10.0 Å². The largest absolute Gasteiger partial charge is 0.307 e. The molecule has 126 valence electrons. The van der Waals surface area contributed by atoms with Gasteiger partial charge in [0.05, 0.1) is 4.90 Å². The monoisotopic (exact) mass is 345 g/mol. The quantitative estimate of drug-likeness (QED) is 0.787. The molecule has 0 aliphatic rings. The number of nitrogens with one attached hydrogen (secondary N) is 2. The van der Waals surface area contributed by atoms with Crippen molar-refractivity contribution in [1.82, 2.24) is 9.71 Å². The average molecular weight is 345 g/mol. The van der Waals surface area contributed by atoms with Crippen LogP contribution in [0.2, 0.25) is 0 Å². The molecule has 2 rings (SSSR count). The second-order valence-electron chi connectivity index (χ2n) is 5.11. The van der Waals surface area contributed by atoms with E-state index in [9.17, 15) is 13.2 Å². The van der Waals surface area contributed by atoms with Crippen LogP contribution in [-0.4, -0.2) is 25.9 Å². The molecule has 1 amide bonds. The van der Waals surface area contributed by atoms with Gasteiger partial charge in [0, 0.05) is 18.8 Å². The van der Waals surface area contributed by atoms with Crippen LogP contribution in [0.15, 0.2) is 53.6 Å². The van der Waals surface area contributed by atoms with Gasteiger partial charge < -0.3 is 5.32 Å². The van der Waals surface area contributed by atoms with Crippen molar-refractivity contribution in [3.05, 3.63) is 59.8 Å². The van der Waals surface area contributed by atoms with E-state index in [1.165, 1.54) is 18.2 Å². The van der Waals surface area contributed by atoms with Gasteiger partial charge in [-0.2, -0.15) is 0 Å². The van der Waals surface area contributed by atoms with E-state index in [1.54, 1.807) is 37.4 Å². The Kier molecular flexibility index (Phi) is 5.83. The first-order valence-electron chi connectivity index (χ1n) is 7.42. The van der Waals surface area contributed by atoms with Crippen LogP contribution in [0.25, 0.3) is 6.08 Å². The van der Waals surface area contributed by atoms with Crippen LogP contribution >= 0.6 is 0 Å². The van der Waals surface area contributed by atoms with E-state index in [-0.39, 0.29) is 10.8 Å². The Hall–Kier alpha value is -2.51. The highest BCUT2D eigenvalue weighted by Gasteiger charge is 2.11. The summed E-state index contributed by atoms with van der Waals surface area (Å²) in [5.74, 6) is 0.175. The number of nitrogens with zero attached hydrogens (tertiary/aromatic N) is 1. The Labute approximate surface area is 141 Å². The molecule has 1 aromatic carbocycles. The molecule has 0 unspecified atom stereocenters. The van der Waals surface area contributed by atoms with Crippen LogP contribution in [0.5, 0.6) is 0 Å². The minimum absolute atomic E-state index is 0.190. The lowest BCUT2D eigenvalue weighted by molar-refractivity contribution is -0.111. The van der Waals surface area contributed by atoms with Gasteiger partial charge in [-0.3, -0.25) is 4.79 Å². The number of aryl methyl sites for hydroxylation is 1. The lowest BCUT2D eigenvalue weighted by atomic mass is 10.2. The Morgan fingerprint density at radius 3 is 2.54 bits per heavy atom. The van der Waals surface area contributed by atoms with Gasteiger partial charge in [0.2, 0.25) is 15.9 Å². The molecule has 0 aliphatic heterocycles. The molecule has 7 heteroatoms. The summed E-state index contributed by atoms with van der Waals surface area (Å²) in [6, 6.07) is 9.88. The number of aromatic nitrogens is 1. The third-order valence-corrected chi connectivity index (χ3v) is 4.68. The summed E-state index contributed by atoms with van der Waals surface area (Å²) in [5, 5.41) is 2.66. The minimum atomic E-state index is -3.46. The van der Waals surface area contributed by atoms with E-state index in [0.29, 0.717) is 12.4 Å². The molecule has 0 spiro atoms. The molecule has 0 bridgehead atoms. The van der Waals surface area contributed by atoms with Crippen molar-refractivity contribution in [1.29, 1.82) is 0 Å². The summed E-state index contributed by atoms with van der Waals surface area (Å²) in [6.45, 7) is 3.96. The number of sulfonamides is 1. The highest BCUT2D eigenvalue weighted by molar-refractivity contribution is 7.89. The maximum absolute atomic E-state index is 11.9. The fraction of sp³-hybridized carbons (Fsp3) is 0.176. The summed E-state index contributed by atoms with van der Waals surface area (Å²) in [7, 11) is -3.46. The molecule has 0 radical (unpaired) electrons. The Morgan fingerprint density at radius 1 is 1.21 bits per heavy atom. The van der Waals surface area contributed by atoms with E-state index in [1.807, 2.05) is 13.0 Å². The number of rotatable bonds is 6. The number of carbonyl (C=O) groups excluding carboxylic acids is 1. The maximum Gasteiger partial charge on any atom is 0.249 e. The van der Waals surface area contributed by atoms with Gasteiger partial charge in [-0.15, -0.1) is 0 Å². The molecule has 6 nitrogen and oxygen atoms in total. The van der Waals surface area contributed by atoms with Gasteiger partial charge in [0.25, 0.3) is 0 Å². The van der Waals surface area contributed by atoms with Crippen molar-refractivity contribution in [2.75, 3.05) is 11.9 Å². The summed E-state index contributed by atoms with van der Waals surface area (Å²) in [5.41, 5.74) is 1.72. The van der Waals surface area contributed by atoms with Gasteiger partial charge in [-0.1, -0.05) is 19.1 Å². The van der Waals surface area contributed by atoms with Crippen molar-refractivity contribution in [2.24, 2.45) is 0 Å². The first-order valence-corrected chi connectivity index (χ1v) is 8.90. The first-order chi connectivity index (χ1) is 11.4. The average Bonchev–Trinajstić information content (AvgIpc) is 2.53. The molecule has 0 aliphatic carbocycles. The van der Waals surface area contributed by atoms with Crippen LogP contribution in [0, 0.1) is 6.92 Å². The Balaban J connectivity index is 2.03. The second-order valence-corrected chi connectivity index (χ2v) is 6.88. The van der Waals surface area contributed by atoms with E-state index in [0.717, 1.165) is 11.1 Å². The Bertz CT molecular complexity index is 844. The van der Waals surface area contributed by atoms with Gasteiger partial charge >= 0.3 is 0 Å². The zero-order valence-electron chi connectivity index (χ0n) is 13.5. The maximum atomic E-state index is 11.9. The number of pyridine rings is 1.